The van der Waals surface area contributed by atoms with Crippen molar-refractivity contribution in [1.29, 1.82) is 0 Å². The molecule has 1 aromatic heterocycles. The summed E-state index contributed by atoms with van der Waals surface area (Å²) in [6.45, 7) is 1.31. The van der Waals surface area contributed by atoms with E-state index in [9.17, 15) is 0 Å². The number of fused-ring (bicyclic) bond motifs is 1. The van der Waals surface area contributed by atoms with E-state index in [1.807, 2.05) is 18.2 Å². The molecule has 0 unspecified atom stereocenters. The molecule has 0 radical (unpaired) electrons. The van der Waals surface area contributed by atoms with E-state index in [1.54, 1.807) is 0 Å². The Labute approximate surface area is 97.3 Å². The lowest BCUT2D eigenvalue weighted by Gasteiger charge is -2.07. The monoisotopic (exact) mass is 233 g/mol. The number of benzene rings is 1. The summed E-state index contributed by atoms with van der Waals surface area (Å²) >= 11 is 0. The Hall–Kier alpha value is -2.24. The number of nitrogens with zero attached hydrogens (tertiary/aromatic N) is 2. The average molecular weight is 233 g/mol. The van der Waals surface area contributed by atoms with Gasteiger partial charge in [-0.15, -0.1) is 0 Å². The maximum atomic E-state index is 5.64. The quantitative estimate of drug-likeness (QED) is 0.803. The van der Waals surface area contributed by atoms with Gasteiger partial charge in [-0.2, -0.15) is 0 Å². The van der Waals surface area contributed by atoms with Crippen LogP contribution in [0.25, 0.3) is 11.3 Å². The van der Waals surface area contributed by atoms with E-state index in [4.69, 9.17) is 15.2 Å². The van der Waals surface area contributed by atoms with Crippen LogP contribution in [0.1, 0.15) is 6.42 Å². The van der Waals surface area contributed by atoms with E-state index in [-0.39, 0.29) is 5.82 Å². The lowest BCUT2D eigenvalue weighted by atomic mass is 10.1. The highest BCUT2D eigenvalue weighted by Crippen LogP contribution is 2.34. The summed E-state index contributed by atoms with van der Waals surface area (Å²) in [6.07, 6.45) is 0.873. The first-order chi connectivity index (χ1) is 8.34. The first kappa shape index (κ1) is 9.95. The zero-order valence-corrected chi connectivity index (χ0v) is 9.05. The van der Waals surface area contributed by atoms with Crippen molar-refractivity contribution in [3.05, 3.63) is 18.2 Å². The van der Waals surface area contributed by atoms with Crippen molar-refractivity contribution in [2.75, 3.05) is 18.9 Å². The molecular formula is C11H11N3O3. The smallest absolute Gasteiger partial charge is 0.196 e. The predicted octanol–water partition coefficient (Wildman–Crippen LogP) is 1.48. The van der Waals surface area contributed by atoms with Crippen LogP contribution >= 0.6 is 0 Å². The van der Waals surface area contributed by atoms with Gasteiger partial charge in [0, 0.05) is 12.0 Å². The summed E-state index contributed by atoms with van der Waals surface area (Å²) in [5.74, 6) is 1.70. The molecule has 1 aliphatic heterocycles. The average Bonchev–Trinajstić information content (AvgIpc) is 2.64. The van der Waals surface area contributed by atoms with Crippen molar-refractivity contribution >= 4 is 5.82 Å². The van der Waals surface area contributed by atoms with E-state index in [0.29, 0.717) is 24.7 Å². The molecule has 6 nitrogen and oxygen atoms in total. The Morgan fingerprint density at radius 1 is 1.06 bits per heavy atom. The predicted molar refractivity (Wildman–Crippen MR) is 59.8 cm³/mol. The Kier molecular flexibility index (Phi) is 2.32. The molecule has 0 saturated heterocycles. The molecule has 88 valence electrons. The van der Waals surface area contributed by atoms with Crippen LogP contribution in [-0.4, -0.2) is 23.5 Å². The van der Waals surface area contributed by atoms with Gasteiger partial charge in [0.1, 0.15) is 0 Å². The number of nitrogen functional groups attached to an aromatic ring is 1. The summed E-state index contributed by atoms with van der Waals surface area (Å²) in [4.78, 5) is 0. The Morgan fingerprint density at radius 2 is 1.88 bits per heavy atom. The van der Waals surface area contributed by atoms with E-state index in [2.05, 4.69) is 14.9 Å². The minimum Gasteiger partial charge on any atom is -0.490 e. The van der Waals surface area contributed by atoms with Gasteiger partial charge in [-0.05, 0) is 28.5 Å². The van der Waals surface area contributed by atoms with E-state index in [0.717, 1.165) is 17.7 Å². The Morgan fingerprint density at radius 3 is 2.65 bits per heavy atom. The zero-order valence-electron chi connectivity index (χ0n) is 9.05. The van der Waals surface area contributed by atoms with Crippen LogP contribution in [0.2, 0.25) is 0 Å². The maximum Gasteiger partial charge on any atom is 0.196 e. The number of hydrogen-bond donors (Lipinski definition) is 1. The van der Waals surface area contributed by atoms with Crippen molar-refractivity contribution in [2.24, 2.45) is 0 Å². The molecule has 1 aromatic carbocycles. The second kappa shape index (κ2) is 3.97. The molecule has 0 bridgehead atoms. The standard InChI is InChI=1S/C11H11N3O3/c12-11-10(13-17-14-11)7-2-3-8-9(6-7)16-5-1-4-15-8/h2-3,6H,1,4-5H2,(H2,12,14). The van der Waals surface area contributed by atoms with Crippen LogP contribution in [0.4, 0.5) is 5.82 Å². The normalized spacial score (nSPS) is 14.4. The highest BCUT2D eigenvalue weighted by molar-refractivity contribution is 5.71. The van der Waals surface area contributed by atoms with Crippen molar-refractivity contribution < 1.29 is 14.1 Å². The van der Waals surface area contributed by atoms with Crippen molar-refractivity contribution in [2.45, 2.75) is 6.42 Å². The second-order valence-electron chi connectivity index (χ2n) is 3.71. The minimum absolute atomic E-state index is 0.263. The van der Waals surface area contributed by atoms with E-state index >= 15 is 0 Å². The van der Waals surface area contributed by atoms with E-state index < -0.39 is 0 Å². The second-order valence-corrected chi connectivity index (χ2v) is 3.71. The van der Waals surface area contributed by atoms with Crippen LogP contribution in [0.15, 0.2) is 22.8 Å². The van der Waals surface area contributed by atoms with Gasteiger partial charge in [0.25, 0.3) is 0 Å². The lowest BCUT2D eigenvalue weighted by Crippen LogP contribution is -1.97. The van der Waals surface area contributed by atoms with Crippen molar-refractivity contribution in [3.63, 3.8) is 0 Å². The summed E-state index contributed by atoms with van der Waals surface area (Å²) in [5.41, 5.74) is 6.95. The molecule has 0 aliphatic carbocycles. The molecule has 1 aliphatic rings. The fraction of sp³-hybridized carbons (Fsp3) is 0.273. The SMILES string of the molecule is Nc1nonc1-c1ccc2c(c1)OCCCO2. The number of aromatic nitrogens is 2. The van der Waals surface area contributed by atoms with Gasteiger partial charge < -0.3 is 15.2 Å². The summed E-state index contributed by atoms with van der Waals surface area (Å²) < 4.78 is 15.7. The number of anilines is 1. The molecule has 2 aromatic rings. The summed E-state index contributed by atoms with van der Waals surface area (Å²) in [5, 5.41) is 7.29. The van der Waals surface area contributed by atoms with Crippen molar-refractivity contribution in [1.82, 2.24) is 10.3 Å². The van der Waals surface area contributed by atoms with Gasteiger partial charge in [-0.3, -0.25) is 0 Å². The zero-order chi connectivity index (χ0) is 11.7. The van der Waals surface area contributed by atoms with E-state index in [1.165, 1.54) is 0 Å². The number of rotatable bonds is 1. The topological polar surface area (TPSA) is 83.4 Å². The fourth-order valence-electron chi connectivity index (χ4n) is 1.71. The highest BCUT2D eigenvalue weighted by Gasteiger charge is 2.15. The van der Waals surface area contributed by atoms with Crippen LogP contribution in [-0.2, 0) is 0 Å². The number of ether oxygens (including phenoxy) is 2. The van der Waals surface area contributed by atoms with Gasteiger partial charge in [0.2, 0.25) is 0 Å². The number of hydrogen-bond acceptors (Lipinski definition) is 6. The molecule has 6 heteroatoms. The van der Waals surface area contributed by atoms with Gasteiger partial charge in [-0.1, -0.05) is 0 Å². The molecule has 0 saturated carbocycles. The van der Waals surface area contributed by atoms with Crippen LogP contribution in [0.5, 0.6) is 11.5 Å². The number of nitrogens with two attached hydrogens (primary N) is 1. The Bertz CT molecular complexity index is 539. The fourth-order valence-corrected chi connectivity index (χ4v) is 1.71. The molecule has 2 heterocycles. The third kappa shape index (κ3) is 1.77. The third-order valence-corrected chi connectivity index (χ3v) is 2.53. The molecule has 17 heavy (non-hydrogen) atoms. The van der Waals surface area contributed by atoms with Gasteiger partial charge in [-0.25, -0.2) is 4.63 Å². The maximum absolute atomic E-state index is 5.64. The largest absolute Gasteiger partial charge is 0.490 e. The molecular weight excluding hydrogens is 222 g/mol. The van der Waals surface area contributed by atoms with Gasteiger partial charge in [0.15, 0.2) is 23.0 Å². The molecule has 0 atom stereocenters. The van der Waals surface area contributed by atoms with Crippen LogP contribution < -0.4 is 15.2 Å². The van der Waals surface area contributed by atoms with Crippen molar-refractivity contribution in [3.8, 4) is 22.8 Å². The summed E-state index contributed by atoms with van der Waals surface area (Å²) in [7, 11) is 0. The Balaban J connectivity index is 2.03. The van der Waals surface area contributed by atoms with Crippen LogP contribution in [0.3, 0.4) is 0 Å². The lowest BCUT2D eigenvalue weighted by molar-refractivity contribution is 0.297. The van der Waals surface area contributed by atoms with Gasteiger partial charge >= 0.3 is 0 Å². The molecule has 2 N–H and O–H groups in total. The minimum atomic E-state index is 0.263. The van der Waals surface area contributed by atoms with Crippen LogP contribution in [0, 0.1) is 0 Å². The molecule has 0 spiro atoms. The first-order valence-electron chi connectivity index (χ1n) is 5.32. The third-order valence-electron chi connectivity index (χ3n) is 2.53. The molecule has 3 rings (SSSR count). The molecule has 0 fully saturated rings. The molecule has 0 amide bonds. The first-order valence-corrected chi connectivity index (χ1v) is 5.32. The highest BCUT2D eigenvalue weighted by atomic mass is 16.6. The van der Waals surface area contributed by atoms with Gasteiger partial charge in [0.05, 0.1) is 13.2 Å². The summed E-state index contributed by atoms with van der Waals surface area (Å²) in [6, 6.07) is 5.52.